The van der Waals surface area contributed by atoms with Crippen LogP contribution in [0, 0.1) is 41.5 Å². The molecule has 4 rings (SSSR count). The van der Waals surface area contributed by atoms with Gasteiger partial charge in [0.25, 0.3) is 0 Å². The molecule has 0 aliphatic rings. The number of hydrogen-bond acceptors (Lipinski definition) is 0. The van der Waals surface area contributed by atoms with E-state index in [1.807, 2.05) is 0 Å². The van der Waals surface area contributed by atoms with Crippen molar-refractivity contribution in [3.05, 3.63) is 128 Å². The molecule has 0 amide bonds. The van der Waals surface area contributed by atoms with Gasteiger partial charge in [-0.1, -0.05) is 97.1 Å². The van der Waals surface area contributed by atoms with Crippen molar-refractivity contribution in [1.82, 2.24) is 0 Å². The Morgan fingerprint density at radius 3 is 1.03 bits per heavy atom. The van der Waals surface area contributed by atoms with Gasteiger partial charge in [0, 0.05) is 0 Å². The lowest BCUT2D eigenvalue weighted by Crippen LogP contribution is -1.87. The van der Waals surface area contributed by atoms with E-state index in [9.17, 15) is 0 Å². The van der Waals surface area contributed by atoms with Gasteiger partial charge in [-0.2, -0.15) is 0 Å². The molecule has 0 saturated heterocycles. The minimum atomic E-state index is 1.21. The molecule has 0 aliphatic heterocycles. The van der Waals surface area contributed by atoms with E-state index in [0.29, 0.717) is 0 Å². The van der Waals surface area contributed by atoms with E-state index < -0.39 is 0 Å². The van der Waals surface area contributed by atoms with Gasteiger partial charge in [-0.3, -0.25) is 0 Å². The Balaban J connectivity index is 1.46. The van der Waals surface area contributed by atoms with Crippen molar-refractivity contribution >= 4 is 24.3 Å². The highest BCUT2D eigenvalue weighted by molar-refractivity contribution is 5.75. The molecule has 0 spiro atoms. The first-order valence-corrected chi connectivity index (χ1v) is 12.0. The molecule has 170 valence electrons. The highest BCUT2D eigenvalue weighted by Gasteiger charge is 2.01. The third-order valence-corrected chi connectivity index (χ3v) is 6.83. The fourth-order valence-electron chi connectivity index (χ4n) is 4.27. The van der Waals surface area contributed by atoms with E-state index in [2.05, 4.69) is 139 Å². The molecule has 0 aromatic heterocycles. The van der Waals surface area contributed by atoms with Gasteiger partial charge in [0.15, 0.2) is 0 Å². The topological polar surface area (TPSA) is 0 Å². The molecule has 0 unspecified atom stereocenters. The molecule has 34 heavy (non-hydrogen) atoms. The molecule has 4 aromatic rings. The largest absolute Gasteiger partial charge is 0.0555 e. The summed E-state index contributed by atoms with van der Waals surface area (Å²) in [5.74, 6) is 0. The highest BCUT2D eigenvalue weighted by Crippen LogP contribution is 2.24. The van der Waals surface area contributed by atoms with Crippen LogP contribution in [-0.4, -0.2) is 0 Å². The monoisotopic (exact) mass is 442 g/mol. The van der Waals surface area contributed by atoms with Crippen LogP contribution in [0.3, 0.4) is 0 Å². The Bertz CT molecular complexity index is 1250. The molecule has 4 aromatic carbocycles. The maximum absolute atomic E-state index is 2.27. The van der Waals surface area contributed by atoms with Crippen molar-refractivity contribution in [2.45, 2.75) is 41.5 Å². The number of rotatable bonds is 5. The summed E-state index contributed by atoms with van der Waals surface area (Å²) >= 11 is 0. The van der Waals surface area contributed by atoms with Gasteiger partial charge in [-0.05, 0) is 108 Å². The molecule has 0 N–H and O–H groups in total. The SMILES string of the molecule is Cc1cc(C)c(C=Cc2ccc(-c3ccc(C=Cc4cc(C)c(C)cc4C)cc3)cc2)cc1C. The highest BCUT2D eigenvalue weighted by atomic mass is 14.1. The van der Waals surface area contributed by atoms with E-state index in [-0.39, 0.29) is 0 Å². The van der Waals surface area contributed by atoms with Crippen LogP contribution >= 0.6 is 0 Å². The van der Waals surface area contributed by atoms with Gasteiger partial charge < -0.3 is 0 Å². The van der Waals surface area contributed by atoms with Gasteiger partial charge in [-0.15, -0.1) is 0 Å². The van der Waals surface area contributed by atoms with Crippen LogP contribution in [0.25, 0.3) is 35.4 Å². The normalized spacial score (nSPS) is 11.6. The summed E-state index contributed by atoms with van der Waals surface area (Å²) in [5.41, 5.74) is 15.5. The first kappa shape index (κ1) is 23.5. The minimum Gasteiger partial charge on any atom is -0.0555 e. The van der Waals surface area contributed by atoms with Gasteiger partial charge in [0.05, 0.1) is 0 Å². The van der Waals surface area contributed by atoms with Crippen LogP contribution in [-0.2, 0) is 0 Å². The maximum Gasteiger partial charge on any atom is -0.0184 e. The second-order valence-electron chi connectivity index (χ2n) is 9.50. The van der Waals surface area contributed by atoms with E-state index in [1.54, 1.807) is 0 Å². The van der Waals surface area contributed by atoms with Gasteiger partial charge in [0.2, 0.25) is 0 Å². The number of benzene rings is 4. The first-order chi connectivity index (χ1) is 16.3. The predicted octanol–water partition coefficient (Wildman–Crippen LogP) is 9.54. The lowest BCUT2D eigenvalue weighted by atomic mass is 9.98. The maximum atomic E-state index is 2.27. The summed E-state index contributed by atoms with van der Waals surface area (Å²) in [7, 11) is 0. The molecule has 0 aliphatic carbocycles. The summed E-state index contributed by atoms with van der Waals surface area (Å²) in [6.45, 7) is 13.0. The Labute approximate surface area is 205 Å². The lowest BCUT2D eigenvalue weighted by molar-refractivity contribution is 1.29. The number of hydrogen-bond donors (Lipinski definition) is 0. The average molecular weight is 443 g/mol. The number of aryl methyl sites for hydroxylation is 6. The van der Waals surface area contributed by atoms with E-state index >= 15 is 0 Å². The smallest absolute Gasteiger partial charge is 0.0184 e. The zero-order chi connectivity index (χ0) is 24.2. The standard InChI is InChI=1S/C34H34/c1-23-19-27(5)33(21-25(23)3)17-11-29-7-13-31(14-8-29)32-15-9-30(10-16-32)12-18-34-22-26(4)24(2)20-28(34)6/h7-22H,1-6H3. The van der Waals surface area contributed by atoms with E-state index in [0.717, 1.165) is 0 Å². The van der Waals surface area contributed by atoms with Gasteiger partial charge in [-0.25, -0.2) is 0 Å². The van der Waals surface area contributed by atoms with Crippen LogP contribution in [0.1, 0.15) is 55.6 Å². The van der Waals surface area contributed by atoms with Crippen LogP contribution in [0.15, 0.2) is 72.8 Å². The molecular weight excluding hydrogens is 408 g/mol. The Morgan fingerprint density at radius 1 is 0.353 bits per heavy atom. The quantitative estimate of drug-likeness (QED) is 0.270. The van der Waals surface area contributed by atoms with Crippen molar-refractivity contribution in [3.8, 4) is 11.1 Å². The van der Waals surface area contributed by atoms with E-state index in [4.69, 9.17) is 0 Å². The van der Waals surface area contributed by atoms with Crippen LogP contribution < -0.4 is 0 Å². The second kappa shape index (κ2) is 10.1. The zero-order valence-corrected chi connectivity index (χ0v) is 21.2. The lowest BCUT2D eigenvalue weighted by Gasteiger charge is -2.07. The van der Waals surface area contributed by atoms with Crippen molar-refractivity contribution in [3.63, 3.8) is 0 Å². The van der Waals surface area contributed by atoms with Crippen LogP contribution in [0.5, 0.6) is 0 Å². The fraction of sp³-hybridized carbons (Fsp3) is 0.176. The van der Waals surface area contributed by atoms with E-state index in [1.165, 1.54) is 66.8 Å². The molecular formula is C34H34. The molecule has 0 saturated carbocycles. The van der Waals surface area contributed by atoms with Gasteiger partial charge in [0.1, 0.15) is 0 Å². The van der Waals surface area contributed by atoms with Crippen molar-refractivity contribution < 1.29 is 0 Å². The Morgan fingerprint density at radius 2 is 0.676 bits per heavy atom. The summed E-state index contributed by atoms with van der Waals surface area (Å²) in [6, 6.07) is 26.7. The molecule has 0 heterocycles. The second-order valence-corrected chi connectivity index (χ2v) is 9.50. The molecule has 0 nitrogen and oxygen atoms in total. The summed E-state index contributed by atoms with van der Waals surface area (Å²) in [6.07, 6.45) is 8.83. The average Bonchev–Trinajstić information content (AvgIpc) is 2.83. The third-order valence-electron chi connectivity index (χ3n) is 6.83. The first-order valence-electron chi connectivity index (χ1n) is 12.0. The van der Waals surface area contributed by atoms with Crippen LogP contribution in [0.4, 0.5) is 0 Å². The van der Waals surface area contributed by atoms with Crippen molar-refractivity contribution in [2.24, 2.45) is 0 Å². The molecule has 0 atom stereocenters. The van der Waals surface area contributed by atoms with Crippen molar-refractivity contribution in [1.29, 1.82) is 0 Å². The molecule has 0 fully saturated rings. The molecule has 0 bridgehead atoms. The third kappa shape index (κ3) is 5.46. The summed E-state index contributed by atoms with van der Waals surface area (Å²) in [5, 5.41) is 0. The summed E-state index contributed by atoms with van der Waals surface area (Å²) in [4.78, 5) is 0. The summed E-state index contributed by atoms with van der Waals surface area (Å²) < 4.78 is 0. The zero-order valence-electron chi connectivity index (χ0n) is 21.2. The molecule has 0 radical (unpaired) electrons. The van der Waals surface area contributed by atoms with Crippen molar-refractivity contribution in [2.75, 3.05) is 0 Å². The Kier molecular flexibility index (Phi) is 6.98. The molecule has 0 heteroatoms. The Hall–Kier alpha value is -3.64. The van der Waals surface area contributed by atoms with Gasteiger partial charge >= 0.3 is 0 Å². The van der Waals surface area contributed by atoms with Crippen LogP contribution in [0.2, 0.25) is 0 Å². The predicted molar refractivity (Wildman–Crippen MR) is 151 cm³/mol. The minimum absolute atomic E-state index is 1.21. The fourth-order valence-corrected chi connectivity index (χ4v) is 4.27.